The number of anilines is 2. The normalized spacial score (nSPS) is 13.4. The summed E-state index contributed by atoms with van der Waals surface area (Å²) in [6, 6.07) is 13.3. The number of halogens is 1. The summed E-state index contributed by atoms with van der Waals surface area (Å²) in [6.07, 6.45) is 2.49. The minimum atomic E-state index is -0.821. The summed E-state index contributed by atoms with van der Waals surface area (Å²) in [5.41, 5.74) is 8.82. The summed E-state index contributed by atoms with van der Waals surface area (Å²) in [6.45, 7) is 0.675. The van der Waals surface area contributed by atoms with Gasteiger partial charge in [0, 0.05) is 17.5 Å². The van der Waals surface area contributed by atoms with Crippen LogP contribution in [0.4, 0.5) is 15.9 Å². The lowest BCUT2D eigenvalue weighted by Crippen LogP contribution is -2.48. The Balaban J connectivity index is 1.71. The van der Waals surface area contributed by atoms with E-state index in [1.807, 2.05) is 29.2 Å². The number of nitrogen functional groups attached to an aromatic ring is 1. The van der Waals surface area contributed by atoms with Crippen LogP contribution in [-0.4, -0.2) is 34.2 Å². The minimum Gasteiger partial charge on any atom is -0.383 e. The number of thioether (sulfide) groups is 1. The molecule has 0 saturated carbocycles. The lowest BCUT2D eigenvalue weighted by atomic mass is 10.0. The number of rotatable bonds is 5. The summed E-state index contributed by atoms with van der Waals surface area (Å²) in [4.78, 5) is 14.8. The van der Waals surface area contributed by atoms with Crippen molar-refractivity contribution in [1.29, 1.82) is 10.5 Å². The molecule has 3 aromatic heterocycles. The molecule has 0 spiro atoms. The van der Waals surface area contributed by atoms with Crippen LogP contribution in [0.2, 0.25) is 0 Å². The van der Waals surface area contributed by atoms with Gasteiger partial charge in [-0.3, -0.25) is 9.97 Å². The number of nitriles is 2. The maximum Gasteiger partial charge on any atom is 0.143 e. The largest absolute Gasteiger partial charge is 0.383 e. The van der Waals surface area contributed by atoms with Crippen LogP contribution in [0.5, 0.6) is 0 Å². The second kappa shape index (κ2) is 8.36. The van der Waals surface area contributed by atoms with E-state index >= 15 is 0 Å². The quantitative estimate of drug-likeness (QED) is 0.629. The van der Waals surface area contributed by atoms with Gasteiger partial charge in [-0.15, -0.1) is 0 Å². The van der Waals surface area contributed by atoms with Crippen LogP contribution in [0.3, 0.4) is 0 Å². The monoisotopic (exact) mass is 417 g/mol. The van der Waals surface area contributed by atoms with Gasteiger partial charge in [-0.2, -0.15) is 10.5 Å². The maximum absolute atomic E-state index is 13.1. The number of alkyl halides is 1. The Morgan fingerprint density at radius 2 is 1.93 bits per heavy atom. The Bertz CT molecular complexity index is 1150. The molecule has 7 nitrogen and oxygen atoms in total. The summed E-state index contributed by atoms with van der Waals surface area (Å²) in [5.74, 6) is 0.544. The zero-order valence-corrected chi connectivity index (χ0v) is 16.6. The third-order valence-electron chi connectivity index (χ3n) is 4.70. The number of hydrogen-bond acceptors (Lipinski definition) is 8. The Morgan fingerprint density at radius 3 is 2.53 bits per heavy atom. The average molecular weight is 417 g/mol. The molecule has 4 heterocycles. The lowest BCUT2D eigenvalue weighted by Gasteiger charge is -2.36. The molecule has 0 bridgehead atoms. The molecule has 1 aliphatic heterocycles. The molecule has 148 valence electrons. The number of hydrogen-bond donors (Lipinski definition) is 1. The average Bonchev–Trinajstić information content (AvgIpc) is 2.76. The van der Waals surface area contributed by atoms with Crippen LogP contribution in [0.15, 0.2) is 47.8 Å². The summed E-state index contributed by atoms with van der Waals surface area (Å²) in [5, 5.41) is 19.9. The topological polar surface area (TPSA) is 116 Å². The molecule has 0 amide bonds. The summed E-state index contributed by atoms with van der Waals surface area (Å²) in [7, 11) is 0. The van der Waals surface area contributed by atoms with Gasteiger partial charge >= 0.3 is 0 Å². The van der Waals surface area contributed by atoms with E-state index in [0.29, 0.717) is 35.1 Å². The fourth-order valence-electron chi connectivity index (χ4n) is 3.14. The highest BCUT2D eigenvalue weighted by atomic mass is 32.2. The smallest absolute Gasteiger partial charge is 0.143 e. The number of pyridine rings is 3. The molecule has 1 saturated heterocycles. The van der Waals surface area contributed by atoms with E-state index in [4.69, 9.17) is 5.73 Å². The maximum atomic E-state index is 13.1. The molecule has 30 heavy (non-hydrogen) atoms. The zero-order chi connectivity index (χ0) is 21.1. The van der Waals surface area contributed by atoms with Gasteiger partial charge in [-0.05, 0) is 24.3 Å². The molecule has 0 aromatic carbocycles. The molecule has 2 N–H and O–H groups in total. The molecule has 4 rings (SSSR count). The Labute approximate surface area is 177 Å². The van der Waals surface area contributed by atoms with Crippen molar-refractivity contribution in [1.82, 2.24) is 15.0 Å². The summed E-state index contributed by atoms with van der Waals surface area (Å²) >= 11 is 1.32. The van der Waals surface area contributed by atoms with Crippen molar-refractivity contribution in [2.45, 2.75) is 17.0 Å². The van der Waals surface area contributed by atoms with E-state index in [2.05, 4.69) is 21.0 Å². The van der Waals surface area contributed by atoms with E-state index in [1.165, 1.54) is 11.8 Å². The highest BCUT2D eigenvalue weighted by molar-refractivity contribution is 7.98. The first kappa shape index (κ1) is 19.6. The fraction of sp³-hybridized carbons (Fsp3) is 0.190. The van der Waals surface area contributed by atoms with Crippen LogP contribution >= 0.6 is 11.8 Å². The van der Waals surface area contributed by atoms with Gasteiger partial charge in [-0.1, -0.05) is 17.8 Å². The van der Waals surface area contributed by atoms with Crippen molar-refractivity contribution in [2.24, 2.45) is 0 Å². The molecule has 9 heteroatoms. The molecule has 0 unspecified atom stereocenters. The van der Waals surface area contributed by atoms with Gasteiger partial charge in [0.1, 0.15) is 34.7 Å². The fourth-order valence-corrected chi connectivity index (χ4v) is 4.05. The van der Waals surface area contributed by atoms with Crippen LogP contribution in [0.1, 0.15) is 16.8 Å². The van der Waals surface area contributed by atoms with Crippen molar-refractivity contribution in [2.75, 3.05) is 23.7 Å². The Kier molecular flexibility index (Phi) is 5.46. The van der Waals surface area contributed by atoms with Crippen molar-refractivity contribution in [3.63, 3.8) is 0 Å². The zero-order valence-electron chi connectivity index (χ0n) is 15.8. The first-order chi connectivity index (χ1) is 14.6. The van der Waals surface area contributed by atoms with Crippen molar-refractivity contribution >= 4 is 23.3 Å². The molecule has 1 aliphatic rings. The molecule has 0 aliphatic carbocycles. The Morgan fingerprint density at radius 1 is 1.13 bits per heavy atom. The predicted molar refractivity (Wildman–Crippen MR) is 112 cm³/mol. The van der Waals surface area contributed by atoms with Gasteiger partial charge in [0.2, 0.25) is 0 Å². The van der Waals surface area contributed by atoms with Crippen LogP contribution in [0, 0.1) is 22.7 Å². The Hall–Kier alpha value is -3.69. The van der Waals surface area contributed by atoms with Gasteiger partial charge in [-0.25, -0.2) is 9.37 Å². The van der Waals surface area contributed by atoms with Gasteiger partial charge in [0.25, 0.3) is 0 Å². The summed E-state index contributed by atoms with van der Waals surface area (Å²) < 4.78 is 13.1. The highest BCUT2D eigenvalue weighted by Crippen LogP contribution is 2.36. The standard InChI is InChI=1S/C21H16FN7S/c22-13-10-29(11-13)15-4-5-18(27-9-15)19-16(7-23)20(25)28-21(17(19)8-24)30-12-14-3-1-2-6-26-14/h1-6,9,13H,10-12H2,(H2,25,28). The van der Waals surface area contributed by atoms with Crippen molar-refractivity contribution in [3.8, 4) is 23.4 Å². The third-order valence-corrected chi connectivity index (χ3v) is 5.71. The second-order valence-corrected chi connectivity index (χ2v) is 7.63. The van der Waals surface area contributed by atoms with Gasteiger partial charge in [0.05, 0.1) is 41.9 Å². The van der Waals surface area contributed by atoms with E-state index in [-0.39, 0.29) is 16.9 Å². The highest BCUT2D eigenvalue weighted by Gasteiger charge is 2.27. The van der Waals surface area contributed by atoms with E-state index < -0.39 is 6.17 Å². The van der Waals surface area contributed by atoms with Gasteiger partial charge in [0.15, 0.2) is 0 Å². The van der Waals surface area contributed by atoms with Crippen LogP contribution in [0.25, 0.3) is 11.3 Å². The number of aromatic nitrogens is 3. The SMILES string of the molecule is N#Cc1c(N)nc(SCc2ccccn2)c(C#N)c1-c1ccc(N2CC(F)C2)cn1. The molecular weight excluding hydrogens is 401 g/mol. The molecule has 0 atom stereocenters. The molecule has 3 aromatic rings. The second-order valence-electron chi connectivity index (χ2n) is 6.66. The lowest BCUT2D eigenvalue weighted by molar-refractivity contribution is 0.275. The first-order valence-electron chi connectivity index (χ1n) is 9.12. The van der Waals surface area contributed by atoms with Crippen LogP contribution < -0.4 is 10.6 Å². The van der Waals surface area contributed by atoms with E-state index in [9.17, 15) is 14.9 Å². The van der Waals surface area contributed by atoms with Crippen LogP contribution in [-0.2, 0) is 5.75 Å². The van der Waals surface area contributed by atoms with Gasteiger partial charge < -0.3 is 10.6 Å². The molecular formula is C21H16FN7S. The number of nitrogens with two attached hydrogens (primary N) is 1. The molecule has 1 fully saturated rings. The van der Waals surface area contributed by atoms with E-state index in [0.717, 1.165) is 11.4 Å². The van der Waals surface area contributed by atoms with E-state index in [1.54, 1.807) is 24.5 Å². The minimum absolute atomic E-state index is 0.0453. The van der Waals surface area contributed by atoms with Crippen molar-refractivity contribution < 1.29 is 4.39 Å². The number of nitrogens with zero attached hydrogens (tertiary/aromatic N) is 6. The predicted octanol–water partition coefficient (Wildman–Crippen LogP) is 3.31. The third kappa shape index (κ3) is 3.76. The van der Waals surface area contributed by atoms with Crippen molar-refractivity contribution in [3.05, 3.63) is 59.5 Å². The molecule has 0 radical (unpaired) electrons. The first-order valence-corrected chi connectivity index (χ1v) is 10.1.